The molecule has 0 amide bonds. The number of nitrogens with two attached hydrogens (primary N) is 1. The van der Waals surface area contributed by atoms with Crippen LogP contribution in [0.25, 0.3) is 11.3 Å². The minimum atomic E-state index is 0.139. The molecule has 3 nitrogen and oxygen atoms in total. The number of pyridine rings is 1. The number of aromatic amines is 1. The Morgan fingerprint density at radius 1 is 1.45 bits per heavy atom. The number of nitrogen functional groups attached to an aromatic ring is 1. The smallest absolute Gasteiger partial charge is 0.162 e. The van der Waals surface area contributed by atoms with Crippen molar-refractivity contribution in [2.24, 2.45) is 0 Å². The molecular formula is C8H8N2O. The van der Waals surface area contributed by atoms with Crippen LogP contribution in [0.2, 0.25) is 0 Å². The lowest BCUT2D eigenvalue weighted by Crippen LogP contribution is -1.79. The summed E-state index contributed by atoms with van der Waals surface area (Å²) in [5.74, 6) is 0.139. The Morgan fingerprint density at radius 3 is 3.00 bits per heavy atom. The van der Waals surface area contributed by atoms with E-state index in [0.717, 1.165) is 5.56 Å². The van der Waals surface area contributed by atoms with Crippen molar-refractivity contribution < 1.29 is 5.11 Å². The summed E-state index contributed by atoms with van der Waals surface area (Å²) >= 11 is 0. The molecule has 0 aromatic carbocycles. The van der Waals surface area contributed by atoms with Crippen LogP contribution in [0.5, 0.6) is 5.75 Å². The number of rotatable bonds is 0. The molecule has 56 valence electrons. The summed E-state index contributed by atoms with van der Waals surface area (Å²) in [6, 6.07) is 5.49. The molecule has 0 spiro atoms. The number of hydrogen-bond donors (Lipinski definition) is 3. The number of anilines is 1. The van der Waals surface area contributed by atoms with Crippen LogP contribution in [0.3, 0.4) is 0 Å². The van der Waals surface area contributed by atoms with Crippen molar-refractivity contribution in [2.75, 3.05) is 5.73 Å². The van der Waals surface area contributed by atoms with Crippen molar-refractivity contribution in [3.05, 3.63) is 24.4 Å². The number of aromatic nitrogens is 1. The largest absolute Gasteiger partial charge is 0.504 e. The topological polar surface area (TPSA) is 62.0 Å². The second kappa shape index (κ2) is 1.92. The van der Waals surface area contributed by atoms with E-state index in [9.17, 15) is 5.11 Å². The van der Waals surface area contributed by atoms with Crippen molar-refractivity contribution in [3.8, 4) is 17.0 Å². The minimum absolute atomic E-state index is 0.139. The predicted molar refractivity (Wildman–Crippen MR) is 43.5 cm³/mol. The van der Waals surface area contributed by atoms with E-state index < -0.39 is 0 Å². The van der Waals surface area contributed by atoms with Gasteiger partial charge in [-0.3, -0.25) is 0 Å². The molecule has 0 fully saturated rings. The molecule has 0 bridgehead atoms. The number of nitrogens with one attached hydrogen (secondary N) is 1. The highest BCUT2D eigenvalue weighted by Crippen LogP contribution is 2.36. The first-order chi connectivity index (χ1) is 5.29. The summed E-state index contributed by atoms with van der Waals surface area (Å²) in [6.07, 6.45) is 1.75. The van der Waals surface area contributed by atoms with E-state index >= 15 is 0 Å². The molecular weight excluding hydrogens is 140 g/mol. The van der Waals surface area contributed by atoms with Gasteiger partial charge in [0.15, 0.2) is 5.75 Å². The third-order valence-electron chi connectivity index (χ3n) is 1.71. The molecule has 0 radical (unpaired) electrons. The molecule has 4 N–H and O–H groups in total. The van der Waals surface area contributed by atoms with Gasteiger partial charge in [-0.2, -0.15) is 0 Å². The van der Waals surface area contributed by atoms with E-state index in [1.165, 1.54) is 0 Å². The molecule has 1 heterocycles. The van der Waals surface area contributed by atoms with Crippen molar-refractivity contribution in [1.82, 2.24) is 4.98 Å². The summed E-state index contributed by atoms with van der Waals surface area (Å²) in [5, 5.41) is 9.34. The van der Waals surface area contributed by atoms with Crippen LogP contribution in [-0.4, -0.2) is 10.1 Å². The Bertz CT molecular complexity index is 350. The first kappa shape index (κ1) is 6.09. The maximum atomic E-state index is 9.34. The molecule has 1 aliphatic carbocycles. The van der Waals surface area contributed by atoms with E-state index in [1.807, 2.05) is 12.1 Å². The SMILES string of the molecule is Nc1cc2ccc[nH]c-2c1O. The third-order valence-corrected chi connectivity index (χ3v) is 1.71. The van der Waals surface area contributed by atoms with Crippen LogP contribution >= 0.6 is 0 Å². The maximum absolute atomic E-state index is 9.34. The fraction of sp³-hybridized carbons (Fsp3) is 0. The highest BCUT2D eigenvalue weighted by Gasteiger charge is 2.11. The van der Waals surface area contributed by atoms with Crippen LogP contribution in [0.4, 0.5) is 5.69 Å². The second-order valence-electron chi connectivity index (χ2n) is 2.45. The van der Waals surface area contributed by atoms with Crippen molar-refractivity contribution in [1.29, 1.82) is 0 Å². The van der Waals surface area contributed by atoms with Gasteiger partial charge in [-0.25, -0.2) is 0 Å². The van der Waals surface area contributed by atoms with Crippen LogP contribution in [0.15, 0.2) is 24.4 Å². The zero-order chi connectivity index (χ0) is 7.84. The van der Waals surface area contributed by atoms with Gasteiger partial charge in [0.2, 0.25) is 0 Å². The summed E-state index contributed by atoms with van der Waals surface area (Å²) in [5.41, 5.74) is 7.53. The van der Waals surface area contributed by atoms with E-state index in [1.54, 1.807) is 12.3 Å². The first-order valence-corrected chi connectivity index (χ1v) is 3.33. The highest BCUT2D eigenvalue weighted by atomic mass is 16.3. The zero-order valence-corrected chi connectivity index (χ0v) is 5.83. The number of hydrogen-bond acceptors (Lipinski definition) is 2. The summed E-state index contributed by atoms with van der Waals surface area (Å²) < 4.78 is 0. The standard InChI is InChI=1S/C8H8N2O/c9-6-4-5-2-1-3-10-7(5)8(6)11/h1-4,10-11H,9H2. The lowest BCUT2D eigenvalue weighted by atomic mass is 10.2. The summed E-state index contributed by atoms with van der Waals surface area (Å²) in [6.45, 7) is 0. The van der Waals surface area contributed by atoms with Gasteiger partial charge < -0.3 is 15.8 Å². The second-order valence-corrected chi connectivity index (χ2v) is 2.45. The van der Waals surface area contributed by atoms with Gasteiger partial charge in [0.25, 0.3) is 0 Å². The predicted octanol–water partition coefficient (Wildman–Crippen LogP) is 1.41. The Hall–Kier alpha value is -1.64. The molecule has 0 saturated heterocycles. The van der Waals surface area contributed by atoms with Crippen molar-refractivity contribution >= 4 is 5.69 Å². The molecule has 1 aliphatic heterocycles. The number of H-pyrrole nitrogens is 1. The van der Waals surface area contributed by atoms with Gasteiger partial charge in [0, 0.05) is 11.8 Å². The quantitative estimate of drug-likeness (QED) is 0.529. The van der Waals surface area contributed by atoms with E-state index in [0.29, 0.717) is 11.4 Å². The lowest BCUT2D eigenvalue weighted by molar-refractivity contribution is 0.480. The third kappa shape index (κ3) is 0.741. The average molecular weight is 148 g/mol. The summed E-state index contributed by atoms with van der Waals surface area (Å²) in [4.78, 5) is 2.91. The zero-order valence-electron chi connectivity index (χ0n) is 5.83. The minimum Gasteiger partial charge on any atom is -0.504 e. The van der Waals surface area contributed by atoms with E-state index in [2.05, 4.69) is 4.98 Å². The van der Waals surface area contributed by atoms with Crippen LogP contribution in [-0.2, 0) is 0 Å². The molecule has 0 aromatic heterocycles. The van der Waals surface area contributed by atoms with E-state index in [4.69, 9.17) is 5.73 Å². The molecule has 3 heteroatoms. The molecule has 11 heavy (non-hydrogen) atoms. The molecule has 0 saturated carbocycles. The molecule has 2 aliphatic rings. The van der Waals surface area contributed by atoms with Gasteiger partial charge in [-0.1, -0.05) is 6.07 Å². The molecule has 0 atom stereocenters. The van der Waals surface area contributed by atoms with Gasteiger partial charge in [0.1, 0.15) is 0 Å². The van der Waals surface area contributed by atoms with Crippen LogP contribution in [0.1, 0.15) is 0 Å². The van der Waals surface area contributed by atoms with Gasteiger partial charge >= 0.3 is 0 Å². The Labute approximate surface area is 63.8 Å². The summed E-state index contributed by atoms with van der Waals surface area (Å²) in [7, 11) is 0. The van der Waals surface area contributed by atoms with Gasteiger partial charge in [-0.05, 0) is 12.1 Å². The normalized spacial score (nSPS) is 10.5. The van der Waals surface area contributed by atoms with Crippen LogP contribution < -0.4 is 5.73 Å². The highest BCUT2D eigenvalue weighted by molar-refractivity contribution is 5.80. The Morgan fingerprint density at radius 2 is 2.27 bits per heavy atom. The first-order valence-electron chi connectivity index (χ1n) is 3.33. The van der Waals surface area contributed by atoms with Gasteiger partial charge in [0.05, 0.1) is 11.4 Å². The average Bonchev–Trinajstić information content (AvgIpc) is 2.30. The van der Waals surface area contributed by atoms with Gasteiger partial charge in [-0.15, -0.1) is 0 Å². The van der Waals surface area contributed by atoms with Crippen molar-refractivity contribution in [3.63, 3.8) is 0 Å². The molecule has 0 unspecified atom stereocenters. The Kier molecular flexibility index (Phi) is 1.06. The van der Waals surface area contributed by atoms with E-state index in [-0.39, 0.29) is 5.75 Å². The fourth-order valence-electron chi connectivity index (χ4n) is 1.16. The molecule has 2 rings (SSSR count). The van der Waals surface area contributed by atoms with Crippen LogP contribution in [0, 0.1) is 0 Å². The number of fused-ring (bicyclic) bond motifs is 1. The lowest BCUT2D eigenvalue weighted by Gasteiger charge is -1.96. The van der Waals surface area contributed by atoms with Crippen molar-refractivity contribution in [2.45, 2.75) is 0 Å². The Balaban J connectivity index is 2.81. The molecule has 0 aromatic rings. The fourth-order valence-corrected chi connectivity index (χ4v) is 1.16. The number of aromatic hydroxyl groups is 1. The maximum Gasteiger partial charge on any atom is 0.162 e. The monoisotopic (exact) mass is 148 g/mol.